The summed E-state index contributed by atoms with van der Waals surface area (Å²) in [4.78, 5) is 25.6. The Hall–Kier alpha value is -1.57. The maximum atomic E-state index is 12.4. The normalized spacial score (nSPS) is 29.7. The van der Waals surface area contributed by atoms with Gasteiger partial charge in [0.25, 0.3) is 0 Å². The molecule has 0 aromatic heterocycles. The van der Waals surface area contributed by atoms with Gasteiger partial charge in [-0.3, -0.25) is 9.59 Å². The smallest absolute Gasteiger partial charge is 0.242 e. The zero-order chi connectivity index (χ0) is 14.0. The summed E-state index contributed by atoms with van der Waals surface area (Å²) in [6, 6.07) is 2.35. The van der Waals surface area contributed by atoms with Crippen LogP contribution < -0.4 is 5.32 Å². The molecule has 0 aromatic rings. The summed E-state index contributed by atoms with van der Waals surface area (Å²) < 4.78 is 0. The third kappa shape index (κ3) is 2.58. The van der Waals surface area contributed by atoms with Crippen molar-refractivity contribution in [3.05, 3.63) is 0 Å². The molecular formula is C14H21N3O2. The highest BCUT2D eigenvalue weighted by Gasteiger charge is 2.40. The van der Waals surface area contributed by atoms with Crippen LogP contribution >= 0.6 is 0 Å². The molecule has 2 rings (SSSR count). The molecule has 0 radical (unpaired) electrons. The average molecular weight is 263 g/mol. The predicted octanol–water partition coefficient (Wildman–Crippen LogP) is 1.05. The topological polar surface area (TPSA) is 73.2 Å². The van der Waals surface area contributed by atoms with Crippen molar-refractivity contribution >= 4 is 11.8 Å². The van der Waals surface area contributed by atoms with Crippen LogP contribution in [0.15, 0.2) is 0 Å². The quantitative estimate of drug-likeness (QED) is 0.809. The summed E-state index contributed by atoms with van der Waals surface area (Å²) in [5, 5.41) is 12.2. The number of piperidine rings is 2. The highest BCUT2D eigenvalue weighted by molar-refractivity contribution is 5.85. The first-order valence-corrected chi connectivity index (χ1v) is 7.00. The Kier molecular flexibility index (Phi) is 3.79. The Labute approximate surface area is 113 Å². The van der Waals surface area contributed by atoms with Crippen LogP contribution in [-0.4, -0.2) is 35.8 Å². The molecule has 2 heterocycles. The number of hydrogen-bond donors (Lipinski definition) is 1. The molecule has 19 heavy (non-hydrogen) atoms. The van der Waals surface area contributed by atoms with Gasteiger partial charge in [0.15, 0.2) is 0 Å². The molecular weight excluding hydrogens is 242 g/mol. The second-order valence-electron chi connectivity index (χ2n) is 5.81. The minimum absolute atomic E-state index is 0.0622. The van der Waals surface area contributed by atoms with Crippen molar-refractivity contribution in [3.63, 3.8) is 0 Å². The molecule has 104 valence electrons. The second kappa shape index (κ2) is 5.20. The van der Waals surface area contributed by atoms with E-state index in [1.807, 2.05) is 11.8 Å². The summed E-state index contributed by atoms with van der Waals surface area (Å²) in [6.07, 6.45) is 2.72. The average Bonchev–Trinajstić information content (AvgIpc) is 2.45. The Morgan fingerprint density at radius 1 is 1.58 bits per heavy atom. The predicted molar refractivity (Wildman–Crippen MR) is 69.9 cm³/mol. The molecule has 2 amide bonds. The molecule has 2 aliphatic heterocycles. The van der Waals surface area contributed by atoms with Crippen molar-refractivity contribution in [2.75, 3.05) is 13.1 Å². The first-order chi connectivity index (χ1) is 9.00. The second-order valence-corrected chi connectivity index (χ2v) is 5.81. The van der Waals surface area contributed by atoms with E-state index in [1.165, 1.54) is 0 Å². The molecule has 0 spiro atoms. The number of likely N-dealkylation sites (tertiary alicyclic amines) is 1. The van der Waals surface area contributed by atoms with E-state index in [0.717, 1.165) is 12.8 Å². The first-order valence-electron chi connectivity index (χ1n) is 7.00. The van der Waals surface area contributed by atoms with Crippen LogP contribution in [0.3, 0.4) is 0 Å². The summed E-state index contributed by atoms with van der Waals surface area (Å²) in [5.41, 5.74) is -0.912. The molecule has 5 heteroatoms. The highest BCUT2D eigenvalue weighted by Crippen LogP contribution is 2.29. The first kappa shape index (κ1) is 13.9. The number of nitriles is 1. The van der Waals surface area contributed by atoms with Gasteiger partial charge in [-0.25, -0.2) is 0 Å². The van der Waals surface area contributed by atoms with E-state index in [4.69, 9.17) is 0 Å². The molecule has 2 fully saturated rings. The number of fused-ring (bicyclic) bond motifs is 1. The number of nitrogens with zero attached hydrogens (tertiary/aromatic N) is 2. The van der Waals surface area contributed by atoms with Crippen molar-refractivity contribution in [2.24, 2.45) is 11.3 Å². The fourth-order valence-corrected chi connectivity index (χ4v) is 2.92. The lowest BCUT2D eigenvalue weighted by molar-refractivity contribution is -0.141. The zero-order valence-electron chi connectivity index (χ0n) is 11.6. The van der Waals surface area contributed by atoms with Crippen LogP contribution in [0.1, 0.15) is 39.5 Å². The van der Waals surface area contributed by atoms with Gasteiger partial charge >= 0.3 is 0 Å². The molecule has 5 nitrogen and oxygen atoms in total. The molecule has 0 aliphatic carbocycles. The highest BCUT2D eigenvalue weighted by atomic mass is 16.2. The maximum absolute atomic E-state index is 12.4. The van der Waals surface area contributed by atoms with Gasteiger partial charge in [0, 0.05) is 25.6 Å². The van der Waals surface area contributed by atoms with Crippen LogP contribution in [-0.2, 0) is 9.59 Å². The Balaban J connectivity index is 2.03. The van der Waals surface area contributed by atoms with E-state index < -0.39 is 5.41 Å². The van der Waals surface area contributed by atoms with E-state index in [0.29, 0.717) is 31.8 Å². The molecule has 1 N–H and O–H groups in total. The molecule has 0 aromatic carbocycles. The van der Waals surface area contributed by atoms with E-state index in [1.54, 1.807) is 6.92 Å². The number of rotatable bonds is 2. The molecule has 2 saturated heterocycles. The van der Waals surface area contributed by atoms with E-state index in [9.17, 15) is 14.9 Å². The maximum Gasteiger partial charge on any atom is 0.242 e. The summed E-state index contributed by atoms with van der Waals surface area (Å²) in [6.45, 7) is 4.89. The standard InChI is InChI=1S/C14H21N3O2/c1-3-14(2,9-15)13(19)17-7-6-11-10(8-17)4-5-12(18)16-11/h10-11H,3-8H2,1-2H3,(H,16,18). The van der Waals surface area contributed by atoms with Crippen molar-refractivity contribution in [2.45, 2.75) is 45.6 Å². The zero-order valence-corrected chi connectivity index (χ0v) is 11.6. The lowest BCUT2D eigenvalue weighted by Gasteiger charge is -2.43. The van der Waals surface area contributed by atoms with E-state index in [2.05, 4.69) is 11.4 Å². The van der Waals surface area contributed by atoms with Gasteiger partial charge in [0.1, 0.15) is 5.41 Å². The third-order valence-electron chi connectivity index (χ3n) is 4.54. The summed E-state index contributed by atoms with van der Waals surface area (Å²) >= 11 is 0. The summed E-state index contributed by atoms with van der Waals surface area (Å²) in [7, 11) is 0. The Bertz CT molecular complexity index is 429. The third-order valence-corrected chi connectivity index (χ3v) is 4.54. The van der Waals surface area contributed by atoms with E-state index >= 15 is 0 Å². The largest absolute Gasteiger partial charge is 0.353 e. The number of amides is 2. The van der Waals surface area contributed by atoms with E-state index in [-0.39, 0.29) is 17.9 Å². The monoisotopic (exact) mass is 263 g/mol. The Morgan fingerprint density at radius 2 is 2.32 bits per heavy atom. The van der Waals surface area contributed by atoms with Gasteiger partial charge in [-0.15, -0.1) is 0 Å². The SMILES string of the molecule is CCC(C)(C#N)C(=O)N1CCC2NC(=O)CCC2C1. The van der Waals surface area contributed by atoms with Gasteiger partial charge in [-0.2, -0.15) is 5.26 Å². The molecule has 3 atom stereocenters. The molecule has 0 bridgehead atoms. The number of carbonyl (C=O) groups is 2. The summed E-state index contributed by atoms with van der Waals surface area (Å²) in [5.74, 6) is 0.402. The fourth-order valence-electron chi connectivity index (χ4n) is 2.92. The number of carbonyl (C=O) groups excluding carboxylic acids is 2. The number of nitrogens with one attached hydrogen (secondary N) is 1. The van der Waals surface area contributed by atoms with Crippen LogP contribution in [0.25, 0.3) is 0 Å². The fraction of sp³-hybridized carbons (Fsp3) is 0.786. The van der Waals surface area contributed by atoms with Gasteiger partial charge in [-0.1, -0.05) is 6.92 Å². The van der Waals surface area contributed by atoms with Crippen molar-refractivity contribution in [1.29, 1.82) is 5.26 Å². The van der Waals surface area contributed by atoms with Crippen LogP contribution in [0.5, 0.6) is 0 Å². The van der Waals surface area contributed by atoms with Gasteiger partial charge in [-0.05, 0) is 32.1 Å². The minimum Gasteiger partial charge on any atom is -0.353 e. The number of hydrogen-bond acceptors (Lipinski definition) is 3. The lowest BCUT2D eigenvalue weighted by atomic mass is 9.82. The van der Waals surface area contributed by atoms with Crippen molar-refractivity contribution in [1.82, 2.24) is 10.2 Å². The minimum atomic E-state index is -0.912. The van der Waals surface area contributed by atoms with Gasteiger partial charge in [0.05, 0.1) is 6.07 Å². The van der Waals surface area contributed by atoms with Crippen molar-refractivity contribution in [3.8, 4) is 6.07 Å². The molecule has 3 unspecified atom stereocenters. The van der Waals surface area contributed by atoms with Gasteiger partial charge < -0.3 is 10.2 Å². The lowest BCUT2D eigenvalue weighted by Crippen LogP contribution is -2.56. The van der Waals surface area contributed by atoms with Gasteiger partial charge in [0.2, 0.25) is 11.8 Å². The van der Waals surface area contributed by atoms with Crippen molar-refractivity contribution < 1.29 is 9.59 Å². The van der Waals surface area contributed by atoms with Crippen LogP contribution in [0, 0.1) is 22.7 Å². The Morgan fingerprint density at radius 3 is 2.95 bits per heavy atom. The van der Waals surface area contributed by atoms with Crippen LogP contribution in [0.4, 0.5) is 0 Å². The molecule has 2 aliphatic rings. The molecule has 0 saturated carbocycles. The van der Waals surface area contributed by atoms with Crippen LogP contribution in [0.2, 0.25) is 0 Å².